The van der Waals surface area contributed by atoms with Gasteiger partial charge < -0.3 is 0 Å². The number of unbranched alkanes of at least 4 members (excludes halogenated alkanes) is 3. The highest BCUT2D eigenvalue weighted by Gasteiger charge is 2.31. The summed E-state index contributed by atoms with van der Waals surface area (Å²) in [6.07, 6.45) is 4.68. The quantitative estimate of drug-likeness (QED) is 0.0579. The van der Waals surface area contributed by atoms with Crippen molar-refractivity contribution in [3.63, 3.8) is 0 Å². The first-order valence-electron chi connectivity index (χ1n) is 15.0. The van der Waals surface area contributed by atoms with Crippen molar-refractivity contribution in [1.29, 1.82) is 0 Å². The minimum Gasteiger partial charge on any atom is -0.294 e. The number of hydrazone groups is 1. The molecule has 238 valence electrons. The molecule has 4 aromatic rings. The highest BCUT2D eigenvalue weighted by atomic mass is 35.5. The zero-order valence-corrected chi connectivity index (χ0v) is 27.3. The van der Waals surface area contributed by atoms with Crippen LogP contribution in [0.1, 0.15) is 59.5 Å². The fourth-order valence-corrected chi connectivity index (χ4v) is 6.27. The first-order chi connectivity index (χ1) is 22.2. The molecule has 0 aromatic heterocycles. The standard InChI is InChI=1S/C35H33Cl2FN4O3S/c36-29-15-11-28(12-16-29)35-33(26-8-4-3-5-9-26)24-42(40-35)41(25-39-46(44,45)32-21-17-30(37)18-22-32)23-7-2-1-6-10-34(43)27-13-19-31(38)20-14-27/h3-5,8-9,11-22,25,33H,1-2,6-7,10,23-24H2. The van der Waals surface area contributed by atoms with Crippen molar-refractivity contribution < 1.29 is 17.6 Å². The third-order valence-electron chi connectivity index (χ3n) is 7.68. The lowest BCUT2D eigenvalue weighted by molar-refractivity contribution is 0.0625. The summed E-state index contributed by atoms with van der Waals surface area (Å²) in [5.41, 5.74) is 3.33. The van der Waals surface area contributed by atoms with Gasteiger partial charge in [0.1, 0.15) is 12.2 Å². The highest BCUT2D eigenvalue weighted by molar-refractivity contribution is 7.90. The molecule has 0 radical (unpaired) electrons. The van der Waals surface area contributed by atoms with Crippen LogP contribution in [0.4, 0.5) is 4.39 Å². The summed E-state index contributed by atoms with van der Waals surface area (Å²) in [4.78, 5) is 12.5. The Balaban J connectivity index is 1.32. The van der Waals surface area contributed by atoms with E-state index in [9.17, 15) is 17.6 Å². The number of Topliss-reactive ketones (excluding diaryl/α,β-unsaturated/α-hetero) is 1. The molecule has 11 heteroatoms. The lowest BCUT2D eigenvalue weighted by Gasteiger charge is -2.28. The average Bonchev–Trinajstić information content (AvgIpc) is 3.50. The summed E-state index contributed by atoms with van der Waals surface area (Å²) in [6, 6.07) is 29.0. The molecule has 0 aliphatic carbocycles. The summed E-state index contributed by atoms with van der Waals surface area (Å²) < 4.78 is 43.4. The van der Waals surface area contributed by atoms with Gasteiger partial charge in [0.2, 0.25) is 0 Å². The SMILES string of the molecule is O=C(CCCCCCN(C=NS(=O)(=O)c1ccc(Cl)cc1)N1CC(c2ccccc2)C(c2ccc(Cl)cc2)=N1)c1ccc(F)cc1. The molecule has 1 unspecified atom stereocenters. The van der Waals surface area contributed by atoms with E-state index in [2.05, 4.69) is 16.5 Å². The third-order valence-corrected chi connectivity index (χ3v) is 9.42. The smallest absolute Gasteiger partial charge is 0.283 e. The lowest BCUT2D eigenvalue weighted by Crippen LogP contribution is -2.38. The van der Waals surface area contributed by atoms with Crippen LogP contribution in [0.25, 0.3) is 0 Å². The molecule has 0 saturated heterocycles. The second-order valence-corrected chi connectivity index (χ2v) is 13.4. The van der Waals surface area contributed by atoms with Crippen molar-refractivity contribution in [3.8, 4) is 0 Å². The number of hydrogen-bond acceptors (Lipinski definition) is 5. The molecule has 0 amide bonds. The van der Waals surface area contributed by atoms with E-state index in [1.165, 1.54) is 54.9 Å². The Morgan fingerprint density at radius 1 is 0.870 bits per heavy atom. The van der Waals surface area contributed by atoms with E-state index < -0.39 is 10.0 Å². The highest BCUT2D eigenvalue weighted by Crippen LogP contribution is 2.30. The predicted molar refractivity (Wildman–Crippen MR) is 182 cm³/mol. The molecule has 1 aliphatic rings. The van der Waals surface area contributed by atoms with Crippen LogP contribution in [-0.2, 0) is 10.0 Å². The van der Waals surface area contributed by atoms with Crippen LogP contribution in [-0.4, -0.2) is 49.5 Å². The molecule has 46 heavy (non-hydrogen) atoms. The normalized spacial score (nSPS) is 14.9. The molecule has 1 atom stereocenters. The summed E-state index contributed by atoms with van der Waals surface area (Å²) in [6.45, 7) is 0.922. The van der Waals surface area contributed by atoms with Crippen LogP contribution in [0.2, 0.25) is 10.0 Å². The molecular formula is C35H33Cl2FN4O3S. The number of ketones is 1. The van der Waals surface area contributed by atoms with E-state index in [-0.39, 0.29) is 22.4 Å². The number of carbonyl (C=O) groups excluding carboxylic acids is 1. The van der Waals surface area contributed by atoms with Crippen molar-refractivity contribution in [2.75, 3.05) is 13.1 Å². The van der Waals surface area contributed by atoms with Gasteiger partial charge in [-0.05, 0) is 84.6 Å². The zero-order chi connectivity index (χ0) is 32.5. The number of hydrogen-bond donors (Lipinski definition) is 0. The molecule has 0 N–H and O–H groups in total. The van der Waals surface area contributed by atoms with Crippen molar-refractivity contribution >= 4 is 51.1 Å². The van der Waals surface area contributed by atoms with Crippen LogP contribution in [0.15, 0.2) is 118 Å². The maximum absolute atomic E-state index is 13.2. The van der Waals surface area contributed by atoms with E-state index in [0.717, 1.165) is 29.7 Å². The van der Waals surface area contributed by atoms with Gasteiger partial charge in [0.15, 0.2) is 5.78 Å². The van der Waals surface area contributed by atoms with Gasteiger partial charge in [-0.3, -0.25) is 9.80 Å². The number of rotatable bonds is 14. The first-order valence-corrected chi connectivity index (χ1v) is 17.2. The zero-order valence-electron chi connectivity index (χ0n) is 25.0. The van der Waals surface area contributed by atoms with Gasteiger partial charge in [-0.15, -0.1) is 4.40 Å². The largest absolute Gasteiger partial charge is 0.294 e. The molecule has 0 saturated carbocycles. The average molecular weight is 680 g/mol. The topological polar surface area (TPSA) is 82.4 Å². The number of sulfonamides is 1. The molecular weight excluding hydrogens is 646 g/mol. The molecule has 1 heterocycles. The fraction of sp³-hybridized carbons (Fsp3) is 0.229. The Kier molecular flexibility index (Phi) is 11.2. The maximum atomic E-state index is 13.2. The molecule has 7 nitrogen and oxygen atoms in total. The first kappa shape index (κ1) is 33.3. The Bertz CT molecular complexity index is 1780. The second kappa shape index (κ2) is 15.5. The maximum Gasteiger partial charge on any atom is 0.283 e. The van der Waals surface area contributed by atoms with Crippen LogP contribution in [0.3, 0.4) is 0 Å². The fourth-order valence-electron chi connectivity index (χ4n) is 5.18. The summed E-state index contributed by atoms with van der Waals surface area (Å²) in [5, 5.41) is 9.51. The molecule has 4 aromatic carbocycles. The van der Waals surface area contributed by atoms with Crippen LogP contribution in [0.5, 0.6) is 0 Å². The molecule has 0 fully saturated rings. The molecule has 0 spiro atoms. The number of halogens is 3. The Morgan fingerprint density at radius 2 is 1.50 bits per heavy atom. The monoisotopic (exact) mass is 678 g/mol. The van der Waals surface area contributed by atoms with Crippen LogP contribution in [0, 0.1) is 5.82 Å². The number of carbonyl (C=O) groups is 1. The van der Waals surface area contributed by atoms with Gasteiger partial charge in [0.25, 0.3) is 10.0 Å². The third kappa shape index (κ3) is 8.81. The van der Waals surface area contributed by atoms with E-state index in [0.29, 0.717) is 48.0 Å². The van der Waals surface area contributed by atoms with Crippen molar-refractivity contribution in [2.45, 2.75) is 42.9 Å². The minimum atomic E-state index is -4.00. The molecule has 0 bridgehead atoms. The number of benzene rings is 4. The van der Waals surface area contributed by atoms with Gasteiger partial charge in [0, 0.05) is 28.6 Å². The van der Waals surface area contributed by atoms with Gasteiger partial charge >= 0.3 is 0 Å². The van der Waals surface area contributed by atoms with E-state index >= 15 is 0 Å². The molecule has 1 aliphatic heterocycles. The summed E-state index contributed by atoms with van der Waals surface area (Å²) >= 11 is 12.1. The van der Waals surface area contributed by atoms with E-state index in [1.807, 2.05) is 42.5 Å². The molecule has 5 rings (SSSR count). The van der Waals surface area contributed by atoms with Crippen molar-refractivity contribution in [1.82, 2.24) is 10.1 Å². The van der Waals surface area contributed by atoms with E-state index in [4.69, 9.17) is 28.3 Å². The minimum absolute atomic E-state index is 0.0192. The lowest BCUT2D eigenvalue weighted by atomic mass is 9.91. The Hall–Kier alpha value is -4.05. The van der Waals surface area contributed by atoms with Crippen LogP contribution < -0.4 is 0 Å². The van der Waals surface area contributed by atoms with Crippen molar-refractivity contribution in [3.05, 3.63) is 136 Å². The Labute approximate surface area is 279 Å². The Morgan fingerprint density at radius 3 is 2.17 bits per heavy atom. The summed E-state index contributed by atoms with van der Waals surface area (Å²) in [5.74, 6) is -0.471. The predicted octanol–water partition coefficient (Wildman–Crippen LogP) is 8.40. The number of nitrogens with zero attached hydrogens (tertiary/aromatic N) is 4. The number of hydrazine groups is 1. The summed E-state index contributed by atoms with van der Waals surface area (Å²) in [7, 11) is -4.00. The second-order valence-electron chi connectivity index (χ2n) is 10.9. The van der Waals surface area contributed by atoms with E-state index in [1.54, 1.807) is 10.1 Å². The van der Waals surface area contributed by atoms with Gasteiger partial charge in [-0.25, -0.2) is 9.51 Å². The van der Waals surface area contributed by atoms with Crippen LogP contribution >= 0.6 is 23.2 Å². The van der Waals surface area contributed by atoms with Gasteiger partial charge in [-0.2, -0.15) is 13.5 Å². The van der Waals surface area contributed by atoms with Gasteiger partial charge in [-0.1, -0.05) is 78.5 Å². The van der Waals surface area contributed by atoms with Gasteiger partial charge in [0.05, 0.1) is 23.1 Å². The van der Waals surface area contributed by atoms with Crippen molar-refractivity contribution in [2.24, 2.45) is 9.50 Å².